The van der Waals surface area contributed by atoms with Gasteiger partial charge in [0.05, 0.1) is 19.3 Å². The van der Waals surface area contributed by atoms with E-state index in [2.05, 4.69) is 21.5 Å². The van der Waals surface area contributed by atoms with Crippen LogP contribution in [0.4, 0.5) is 0 Å². The average Bonchev–Trinajstić information content (AvgIpc) is 3.22. The number of hydrogen-bond donors (Lipinski definition) is 2. The van der Waals surface area contributed by atoms with Crippen LogP contribution in [0.2, 0.25) is 0 Å². The Labute approximate surface area is 121 Å². The maximum atomic E-state index is 8.95. The Bertz CT molecular complexity index is 410. The standard InChI is InChI=1S/C15H26N4O/c20-7-6-19-12-14(9-17-19)11-18(15-3-4-15)10-13-2-1-5-16-8-13/h9,12-13,15-16,20H,1-8,10-11H2. The lowest BCUT2D eigenvalue weighted by Crippen LogP contribution is -2.39. The van der Waals surface area contributed by atoms with Crippen molar-refractivity contribution in [2.75, 3.05) is 26.2 Å². The second-order valence-electron chi connectivity index (χ2n) is 6.21. The molecule has 2 heterocycles. The molecule has 2 aliphatic rings. The van der Waals surface area contributed by atoms with Crippen LogP contribution in [0.1, 0.15) is 31.2 Å². The molecule has 1 saturated carbocycles. The first-order valence-corrected chi connectivity index (χ1v) is 7.92. The summed E-state index contributed by atoms with van der Waals surface area (Å²) in [5.74, 6) is 0.803. The summed E-state index contributed by atoms with van der Waals surface area (Å²) in [6.45, 7) is 5.33. The van der Waals surface area contributed by atoms with E-state index in [4.69, 9.17) is 5.11 Å². The summed E-state index contributed by atoms with van der Waals surface area (Å²) < 4.78 is 1.84. The Balaban J connectivity index is 1.55. The van der Waals surface area contributed by atoms with Crippen molar-refractivity contribution >= 4 is 0 Å². The number of nitrogens with zero attached hydrogens (tertiary/aromatic N) is 3. The first-order valence-electron chi connectivity index (χ1n) is 7.92. The predicted molar refractivity (Wildman–Crippen MR) is 78.3 cm³/mol. The summed E-state index contributed by atoms with van der Waals surface area (Å²) >= 11 is 0. The van der Waals surface area contributed by atoms with Gasteiger partial charge in [0.2, 0.25) is 0 Å². The number of piperidine rings is 1. The topological polar surface area (TPSA) is 53.3 Å². The molecule has 3 rings (SSSR count). The molecule has 0 radical (unpaired) electrons. The Morgan fingerprint density at radius 3 is 3.00 bits per heavy atom. The van der Waals surface area contributed by atoms with Gasteiger partial charge in [0.15, 0.2) is 0 Å². The van der Waals surface area contributed by atoms with Crippen molar-refractivity contribution in [1.29, 1.82) is 0 Å². The van der Waals surface area contributed by atoms with Gasteiger partial charge in [-0.1, -0.05) is 0 Å². The SMILES string of the molecule is OCCn1cc(CN(CC2CCCNC2)C2CC2)cn1. The Hall–Kier alpha value is -0.910. The van der Waals surface area contributed by atoms with Crippen molar-refractivity contribution in [3.63, 3.8) is 0 Å². The molecule has 0 aromatic carbocycles. The van der Waals surface area contributed by atoms with E-state index < -0.39 is 0 Å². The van der Waals surface area contributed by atoms with Crippen LogP contribution in [0.5, 0.6) is 0 Å². The molecule has 1 aromatic heterocycles. The molecular weight excluding hydrogens is 252 g/mol. The van der Waals surface area contributed by atoms with E-state index >= 15 is 0 Å². The molecule has 20 heavy (non-hydrogen) atoms. The molecule has 1 aliphatic carbocycles. The quantitative estimate of drug-likeness (QED) is 0.776. The number of aliphatic hydroxyl groups excluding tert-OH is 1. The van der Waals surface area contributed by atoms with E-state index in [1.54, 1.807) is 0 Å². The molecule has 1 atom stereocenters. The third kappa shape index (κ3) is 3.81. The van der Waals surface area contributed by atoms with Gasteiger partial charge in [-0.2, -0.15) is 5.10 Å². The lowest BCUT2D eigenvalue weighted by atomic mass is 9.99. The van der Waals surface area contributed by atoms with Crippen LogP contribution in [-0.4, -0.2) is 52.1 Å². The van der Waals surface area contributed by atoms with Crippen molar-refractivity contribution in [3.8, 4) is 0 Å². The lowest BCUT2D eigenvalue weighted by molar-refractivity contribution is 0.192. The van der Waals surface area contributed by atoms with Gasteiger partial charge in [0.25, 0.3) is 0 Å². The molecular formula is C15H26N4O. The predicted octanol–water partition coefficient (Wildman–Crippen LogP) is 0.839. The minimum Gasteiger partial charge on any atom is -0.394 e. The number of hydrogen-bond acceptors (Lipinski definition) is 4. The first-order chi connectivity index (χ1) is 9.85. The summed E-state index contributed by atoms with van der Waals surface area (Å²) in [7, 11) is 0. The van der Waals surface area contributed by atoms with Gasteiger partial charge in [0.1, 0.15) is 0 Å². The van der Waals surface area contributed by atoms with E-state index in [0.717, 1.165) is 18.5 Å². The zero-order valence-corrected chi connectivity index (χ0v) is 12.2. The van der Waals surface area contributed by atoms with Gasteiger partial charge in [-0.15, -0.1) is 0 Å². The molecule has 1 aromatic rings. The van der Waals surface area contributed by atoms with Crippen LogP contribution in [0, 0.1) is 5.92 Å². The van der Waals surface area contributed by atoms with E-state index in [1.165, 1.54) is 50.9 Å². The molecule has 112 valence electrons. The summed E-state index contributed by atoms with van der Waals surface area (Å²) in [5.41, 5.74) is 1.27. The van der Waals surface area contributed by atoms with Gasteiger partial charge >= 0.3 is 0 Å². The molecule has 1 unspecified atom stereocenters. The fourth-order valence-corrected chi connectivity index (χ4v) is 3.14. The van der Waals surface area contributed by atoms with Crippen LogP contribution < -0.4 is 5.32 Å². The van der Waals surface area contributed by atoms with Crippen molar-refractivity contribution in [3.05, 3.63) is 18.0 Å². The van der Waals surface area contributed by atoms with E-state index in [9.17, 15) is 0 Å². The smallest absolute Gasteiger partial charge is 0.0640 e. The van der Waals surface area contributed by atoms with Crippen LogP contribution in [0.3, 0.4) is 0 Å². The molecule has 5 heteroatoms. The molecule has 5 nitrogen and oxygen atoms in total. The highest BCUT2D eigenvalue weighted by atomic mass is 16.3. The van der Waals surface area contributed by atoms with Crippen molar-refractivity contribution in [1.82, 2.24) is 20.0 Å². The molecule has 0 amide bonds. The zero-order valence-electron chi connectivity index (χ0n) is 12.2. The highest BCUT2D eigenvalue weighted by Gasteiger charge is 2.31. The van der Waals surface area contributed by atoms with Crippen LogP contribution in [0.25, 0.3) is 0 Å². The van der Waals surface area contributed by atoms with E-state index in [0.29, 0.717) is 6.54 Å². The maximum Gasteiger partial charge on any atom is 0.0640 e. The van der Waals surface area contributed by atoms with Gasteiger partial charge < -0.3 is 10.4 Å². The highest BCUT2D eigenvalue weighted by Crippen LogP contribution is 2.29. The molecule has 2 N–H and O–H groups in total. The van der Waals surface area contributed by atoms with Crippen LogP contribution in [-0.2, 0) is 13.1 Å². The summed E-state index contributed by atoms with van der Waals surface area (Å²) in [6.07, 6.45) is 9.41. The number of aromatic nitrogens is 2. The summed E-state index contributed by atoms with van der Waals surface area (Å²) in [6, 6.07) is 0.790. The number of rotatable bonds is 7. The lowest BCUT2D eigenvalue weighted by Gasteiger charge is -2.30. The maximum absolute atomic E-state index is 8.95. The fraction of sp³-hybridized carbons (Fsp3) is 0.800. The third-order valence-corrected chi connectivity index (χ3v) is 4.36. The largest absolute Gasteiger partial charge is 0.394 e. The Morgan fingerprint density at radius 1 is 1.40 bits per heavy atom. The third-order valence-electron chi connectivity index (χ3n) is 4.36. The number of aliphatic hydroxyl groups is 1. The zero-order chi connectivity index (χ0) is 13.8. The van der Waals surface area contributed by atoms with Crippen molar-refractivity contribution in [2.24, 2.45) is 5.92 Å². The molecule has 0 spiro atoms. The van der Waals surface area contributed by atoms with E-state index in [-0.39, 0.29) is 6.61 Å². The van der Waals surface area contributed by atoms with Crippen LogP contribution in [0.15, 0.2) is 12.4 Å². The highest BCUT2D eigenvalue weighted by molar-refractivity contribution is 5.05. The Kier molecular flexibility index (Phi) is 4.70. The average molecular weight is 278 g/mol. The minimum absolute atomic E-state index is 0.154. The second-order valence-corrected chi connectivity index (χ2v) is 6.21. The van der Waals surface area contributed by atoms with Gasteiger partial charge in [-0.05, 0) is 44.7 Å². The summed E-state index contributed by atoms with van der Waals surface area (Å²) in [4.78, 5) is 2.64. The van der Waals surface area contributed by atoms with E-state index in [1.807, 2.05) is 10.9 Å². The monoisotopic (exact) mass is 278 g/mol. The minimum atomic E-state index is 0.154. The van der Waals surface area contributed by atoms with Gasteiger partial charge in [0, 0.05) is 30.9 Å². The van der Waals surface area contributed by atoms with Gasteiger partial charge in [-0.25, -0.2) is 0 Å². The molecule has 0 bridgehead atoms. The molecule has 1 saturated heterocycles. The first kappa shape index (κ1) is 14.0. The van der Waals surface area contributed by atoms with Crippen LogP contribution >= 0.6 is 0 Å². The number of nitrogens with one attached hydrogen (secondary N) is 1. The normalized spacial score (nSPS) is 23.4. The second kappa shape index (κ2) is 6.70. The fourth-order valence-electron chi connectivity index (χ4n) is 3.14. The van der Waals surface area contributed by atoms with Crippen molar-refractivity contribution < 1.29 is 5.11 Å². The molecule has 2 fully saturated rings. The van der Waals surface area contributed by atoms with Crippen molar-refractivity contribution in [2.45, 2.75) is 44.8 Å². The Morgan fingerprint density at radius 2 is 2.30 bits per heavy atom. The summed E-state index contributed by atoms with van der Waals surface area (Å²) in [5, 5.41) is 16.8. The van der Waals surface area contributed by atoms with Gasteiger partial charge in [-0.3, -0.25) is 9.58 Å². The molecule has 1 aliphatic heterocycles.